The summed E-state index contributed by atoms with van der Waals surface area (Å²) >= 11 is 0. The van der Waals surface area contributed by atoms with E-state index in [4.69, 9.17) is 5.73 Å². The molecule has 3 unspecified atom stereocenters. The largest absolute Gasteiger partial charge is 0.324 e. The lowest BCUT2D eigenvalue weighted by atomic mass is 9.88. The molecular formula is C15H23N. The first kappa shape index (κ1) is 11.7. The molecule has 1 nitrogen and oxygen atoms in total. The van der Waals surface area contributed by atoms with E-state index in [1.165, 1.54) is 36.0 Å². The van der Waals surface area contributed by atoms with Crippen LogP contribution in [-0.2, 0) is 0 Å². The molecule has 0 aliphatic heterocycles. The molecule has 0 aromatic heterocycles. The molecule has 0 radical (unpaired) electrons. The summed E-state index contributed by atoms with van der Waals surface area (Å²) in [5, 5.41) is 0. The van der Waals surface area contributed by atoms with E-state index in [1.807, 2.05) is 0 Å². The second kappa shape index (κ2) is 4.58. The second-order valence-corrected chi connectivity index (χ2v) is 5.49. The van der Waals surface area contributed by atoms with Crippen molar-refractivity contribution in [1.29, 1.82) is 0 Å². The third kappa shape index (κ3) is 2.15. The molecular weight excluding hydrogens is 194 g/mol. The van der Waals surface area contributed by atoms with E-state index in [-0.39, 0.29) is 6.04 Å². The maximum absolute atomic E-state index is 6.43. The zero-order chi connectivity index (χ0) is 11.7. The summed E-state index contributed by atoms with van der Waals surface area (Å²) in [5.41, 5.74) is 10.5. The molecule has 1 aliphatic rings. The number of hydrogen-bond acceptors (Lipinski definition) is 1. The SMILES string of the molecule is Cc1cccc(C(N)C2CCC(C)C2)c1C. The highest BCUT2D eigenvalue weighted by Gasteiger charge is 2.28. The summed E-state index contributed by atoms with van der Waals surface area (Å²) in [5.74, 6) is 1.55. The van der Waals surface area contributed by atoms with Crippen LogP contribution in [-0.4, -0.2) is 0 Å². The average Bonchev–Trinajstić information content (AvgIpc) is 2.68. The Kier molecular flexibility index (Phi) is 3.34. The number of rotatable bonds is 2. The maximum atomic E-state index is 6.43. The standard InChI is InChI=1S/C15H23N/c1-10-7-8-13(9-10)15(16)14-6-4-5-11(2)12(14)3/h4-6,10,13,15H,7-9,16H2,1-3H3. The van der Waals surface area contributed by atoms with Crippen molar-refractivity contribution in [2.45, 2.75) is 46.1 Å². The molecule has 1 saturated carbocycles. The van der Waals surface area contributed by atoms with E-state index >= 15 is 0 Å². The Morgan fingerprint density at radius 2 is 2.00 bits per heavy atom. The fourth-order valence-corrected chi connectivity index (χ4v) is 2.97. The smallest absolute Gasteiger partial charge is 0.0326 e. The number of benzene rings is 1. The minimum atomic E-state index is 0.241. The van der Waals surface area contributed by atoms with Gasteiger partial charge in [0.1, 0.15) is 0 Å². The lowest BCUT2D eigenvalue weighted by molar-refractivity contribution is 0.427. The van der Waals surface area contributed by atoms with Crippen LogP contribution in [0.2, 0.25) is 0 Å². The Morgan fingerprint density at radius 3 is 2.62 bits per heavy atom. The van der Waals surface area contributed by atoms with E-state index in [1.54, 1.807) is 0 Å². The lowest BCUT2D eigenvalue weighted by Gasteiger charge is -2.22. The van der Waals surface area contributed by atoms with Crippen molar-refractivity contribution in [3.8, 4) is 0 Å². The fraction of sp³-hybridized carbons (Fsp3) is 0.600. The first-order valence-electron chi connectivity index (χ1n) is 6.41. The Hall–Kier alpha value is -0.820. The van der Waals surface area contributed by atoms with Gasteiger partial charge in [-0.1, -0.05) is 31.5 Å². The molecule has 0 saturated heterocycles. The highest BCUT2D eigenvalue weighted by Crippen LogP contribution is 2.38. The predicted octanol–water partition coefficient (Wildman–Crippen LogP) is 3.74. The monoisotopic (exact) mass is 217 g/mol. The highest BCUT2D eigenvalue weighted by atomic mass is 14.7. The molecule has 2 rings (SSSR count). The zero-order valence-corrected chi connectivity index (χ0v) is 10.7. The van der Waals surface area contributed by atoms with Crippen LogP contribution in [0.5, 0.6) is 0 Å². The topological polar surface area (TPSA) is 26.0 Å². The van der Waals surface area contributed by atoms with Crippen molar-refractivity contribution >= 4 is 0 Å². The van der Waals surface area contributed by atoms with Crippen LogP contribution in [0.4, 0.5) is 0 Å². The summed E-state index contributed by atoms with van der Waals surface area (Å²) < 4.78 is 0. The summed E-state index contributed by atoms with van der Waals surface area (Å²) in [4.78, 5) is 0. The molecule has 0 heterocycles. The van der Waals surface area contributed by atoms with Gasteiger partial charge in [-0.25, -0.2) is 0 Å². The van der Waals surface area contributed by atoms with E-state index < -0.39 is 0 Å². The van der Waals surface area contributed by atoms with Gasteiger partial charge in [-0.05, 0) is 55.2 Å². The quantitative estimate of drug-likeness (QED) is 0.802. The molecule has 1 heteroatoms. The van der Waals surface area contributed by atoms with Crippen LogP contribution in [0, 0.1) is 25.7 Å². The predicted molar refractivity (Wildman–Crippen MR) is 69.3 cm³/mol. The molecule has 0 bridgehead atoms. The van der Waals surface area contributed by atoms with Crippen molar-refractivity contribution in [3.63, 3.8) is 0 Å². The summed E-state index contributed by atoms with van der Waals surface area (Å²) in [6, 6.07) is 6.75. The van der Waals surface area contributed by atoms with Crippen LogP contribution in [0.3, 0.4) is 0 Å². The normalized spacial score (nSPS) is 27.0. The van der Waals surface area contributed by atoms with E-state index in [0.29, 0.717) is 5.92 Å². The molecule has 88 valence electrons. The van der Waals surface area contributed by atoms with Gasteiger partial charge >= 0.3 is 0 Å². The van der Waals surface area contributed by atoms with Gasteiger partial charge in [0.25, 0.3) is 0 Å². The summed E-state index contributed by atoms with van der Waals surface area (Å²) in [6.45, 7) is 6.71. The molecule has 3 atom stereocenters. The zero-order valence-electron chi connectivity index (χ0n) is 10.7. The first-order chi connectivity index (χ1) is 7.59. The van der Waals surface area contributed by atoms with Crippen LogP contribution in [0.1, 0.15) is 48.9 Å². The van der Waals surface area contributed by atoms with Gasteiger partial charge in [0.05, 0.1) is 0 Å². The third-order valence-electron chi connectivity index (χ3n) is 4.25. The molecule has 1 fully saturated rings. The molecule has 1 aromatic carbocycles. The molecule has 16 heavy (non-hydrogen) atoms. The Morgan fingerprint density at radius 1 is 1.25 bits per heavy atom. The van der Waals surface area contributed by atoms with Crippen molar-refractivity contribution in [1.82, 2.24) is 0 Å². The van der Waals surface area contributed by atoms with Gasteiger partial charge in [0, 0.05) is 6.04 Å². The molecule has 1 aromatic rings. The minimum Gasteiger partial charge on any atom is -0.324 e. The molecule has 0 amide bonds. The Labute approximate surface area is 99.0 Å². The van der Waals surface area contributed by atoms with Crippen LogP contribution < -0.4 is 5.73 Å². The van der Waals surface area contributed by atoms with Gasteiger partial charge in [-0.2, -0.15) is 0 Å². The van der Waals surface area contributed by atoms with Gasteiger partial charge in [0.2, 0.25) is 0 Å². The lowest BCUT2D eigenvalue weighted by Crippen LogP contribution is -2.20. The highest BCUT2D eigenvalue weighted by molar-refractivity contribution is 5.35. The van der Waals surface area contributed by atoms with Gasteiger partial charge in [-0.15, -0.1) is 0 Å². The van der Waals surface area contributed by atoms with Gasteiger partial charge in [0.15, 0.2) is 0 Å². The van der Waals surface area contributed by atoms with Crippen molar-refractivity contribution < 1.29 is 0 Å². The Balaban J connectivity index is 2.20. The van der Waals surface area contributed by atoms with Crippen LogP contribution in [0.25, 0.3) is 0 Å². The third-order valence-corrected chi connectivity index (χ3v) is 4.25. The van der Waals surface area contributed by atoms with Crippen LogP contribution >= 0.6 is 0 Å². The number of aryl methyl sites for hydroxylation is 1. The summed E-state index contributed by atoms with van der Waals surface area (Å²) in [7, 11) is 0. The van der Waals surface area contributed by atoms with Crippen molar-refractivity contribution in [2.75, 3.05) is 0 Å². The maximum Gasteiger partial charge on any atom is 0.0326 e. The second-order valence-electron chi connectivity index (χ2n) is 5.49. The molecule has 1 aliphatic carbocycles. The van der Waals surface area contributed by atoms with Gasteiger partial charge < -0.3 is 5.73 Å². The fourth-order valence-electron chi connectivity index (χ4n) is 2.97. The van der Waals surface area contributed by atoms with E-state index in [9.17, 15) is 0 Å². The van der Waals surface area contributed by atoms with Crippen LogP contribution in [0.15, 0.2) is 18.2 Å². The van der Waals surface area contributed by atoms with Gasteiger partial charge in [-0.3, -0.25) is 0 Å². The minimum absolute atomic E-state index is 0.241. The van der Waals surface area contributed by atoms with Crippen molar-refractivity contribution in [3.05, 3.63) is 34.9 Å². The van der Waals surface area contributed by atoms with Crippen molar-refractivity contribution in [2.24, 2.45) is 17.6 Å². The number of nitrogens with two attached hydrogens (primary N) is 1. The molecule has 0 spiro atoms. The summed E-state index contributed by atoms with van der Waals surface area (Å²) in [6.07, 6.45) is 3.95. The number of hydrogen-bond donors (Lipinski definition) is 1. The first-order valence-corrected chi connectivity index (χ1v) is 6.41. The Bertz CT molecular complexity index is 370. The molecule has 2 N–H and O–H groups in total. The average molecular weight is 217 g/mol. The van der Waals surface area contributed by atoms with E-state index in [2.05, 4.69) is 39.0 Å². The van der Waals surface area contributed by atoms with E-state index in [0.717, 1.165) is 5.92 Å².